The molecule has 3 aromatic rings. The number of H-pyrrole nitrogens is 1. The average molecular weight is 306 g/mol. The van der Waals surface area contributed by atoms with Crippen molar-refractivity contribution in [1.82, 2.24) is 9.97 Å². The third kappa shape index (κ3) is 2.85. The van der Waals surface area contributed by atoms with Crippen molar-refractivity contribution in [3.63, 3.8) is 0 Å². The smallest absolute Gasteiger partial charge is 0.197 e. The Bertz CT molecular complexity index is 757. The first kappa shape index (κ1) is 14.7. The van der Waals surface area contributed by atoms with Crippen molar-refractivity contribution in [1.29, 1.82) is 0 Å². The van der Waals surface area contributed by atoms with Gasteiger partial charge in [-0.2, -0.15) is 0 Å². The van der Waals surface area contributed by atoms with Crippen LogP contribution in [0, 0.1) is 18.6 Å². The zero-order valence-electron chi connectivity index (χ0n) is 12.7. The zero-order chi connectivity index (χ0) is 15.5. The second-order valence-corrected chi connectivity index (χ2v) is 5.81. The van der Waals surface area contributed by atoms with Crippen molar-refractivity contribution in [2.75, 3.05) is 0 Å². The molecule has 110 valence electrons. The summed E-state index contributed by atoms with van der Waals surface area (Å²) in [5, 5.41) is 0. The first-order valence-corrected chi connectivity index (χ1v) is 7.75. The molecule has 3 heteroatoms. The molecule has 3 rings (SSSR count). The molecule has 0 spiro atoms. The van der Waals surface area contributed by atoms with E-state index in [1.807, 2.05) is 19.1 Å². The Kier molecular flexibility index (Phi) is 4.16. The molecule has 0 fully saturated rings. The van der Waals surface area contributed by atoms with E-state index in [2.05, 4.69) is 65.4 Å². The number of nitrogens with one attached hydrogen (secondary N) is 1. The standard InChI is InChI=1S/C19H18N2S/c1-13-17(14(2)21-19(22)20-13)18(15-9-5-3-6-10-15)16-11-7-4-8-12-16/h3-12,18H,1-2H3,(H,20,21,22). The Hall–Kier alpha value is -2.26. The van der Waals surface area contributed by atoms with Crippen LogP contribution >= 0.6 is 12.2 Å². The molecule has 22 heavy (non-hydrogen) atoms. The molecular weight excluding hydrogens is 288 g/mol. The molecule has 2 aromatic carbocycles. The summed E-state index contributed by atoms with van der Waals surface area (Å²) in [6.07, 6.45) is 0. The number of aromatic nitrogens is 2. The minimum absolute atomic E-state index is 0.154. The lowest BCUT2D eigenvalue weighted by Crippen LogP contribution is -2.10. The first-order valence-electron chi connectivity index (χ1n) is 7.34. The quantitative estimate of drug-likeness (QED) is 0.695. The third-order valence-electron chi connectivity index (χ3n) is 3.91. The van der Waals surface area contributed by atoms with Crippen molar-refractivity contribution in [2.24, 2.45) is 0 Å². The molecule has 1 N–H and O–H groups in total. The van der Waals surface area contributed by atoms with E-state index in [1.54, 1.807) is 0 Å². The first-order chi connectivity index (χ1) is 10.7. The lowest BCUT2D eigenvalue weighted by atomic mass is 9.83. The largest absolute Gasteiger partial charge is 0.334 e. The Morgan fingerprint density at radius 1 is 0.864 bits per heavy atom. The molecule has 0 saturated heterocycles. The zero-order valence-corrected chi connectivity index (χ0v) is 13.5. The van der Waals surface area contributed by atoms with Gasteiger partial charge >= 0.3 is 0 Å². The molecule has 0 aliphatic rings. The van der Waals surface area contributed by atoms with Crippen LogP contribution in [0.1, 0.15) is 34.0 Å². The van der Waals surface area contributed by atoms with Gasteiger partial charge in [-0.25, -0.2) is 4.98 Å². The summed E-state index contributed by atoms with van der Waals surface area (Å²) in [6, 6.07) is 21.1. The van der Waals surface area contributed by atoms with Crippen LogP contribution in [0.4, 0.5) is 0 Å². The molecule has 0 radical (unpaired) electrons. The highest BCUT2D eigenvalue weighted by atomic mass is 32.1. The predicted octanol–water partition coefficient (Wildman–Crippen LogP) is 4.94. The van der Waals surface area contributed by atoms with Gasteiger partial charge in [-0.05, 0) is 37.2 Å². The van der Waals surface area contributed by atoms with E-state index in [9.17, 15) is 0 Å². The molecule has 0 aliphatic carbocycles. The molecule has 0 amide bonds. The number of hydrogen-bond acceptors (Lipinski definition) is 2. The summed E-state index contributed by atoms with van der Waals surface area (Å²) < 4.78 is 0.540. The summed E-state index contributed by atoms with van der Waals surface area (Å²) in [7, 11) is 0. The molecular formula is C19H18N2S. The van der Waals surface area contributed by atoms with E-state index in [-0.39, 0.29) is 5.92 Å². The minimum Gasteiger partial charge on any atom is -0.334 e. The maximum absolute atomic E-state index is 5.20. The second-order valence-electron chi connectivity index (χ2n) is 5.42. The van der Waals surface area contributed by atoms with Gasteiger partial charge in [-0.15, -0.1) is 0 Å². The Morgan fingerprint density at radius 2 is 1.36 bits per heavy atom. The summed E-state index contributed by atoms with van der Waals surface area (Å²) in [4.78, 5) is 7.67. The van der Waals surface area contributed by atoms with Crippen molar-refractivity contribution in [2.45, 2.75) is 19.8 Å². The number of rotatable bonds is 3. The Morgan fingerprint density at radius 3 is 1.82 bits per heavy atom. The molecule has 0 aliphatic heterocycles. The maximum atomic E-state index is 5.20. The van der Waals surface area contributed by atoms with Crippen LogP contribution in [0.5, 0.6) is 0 Å². The molecule has 1 heterocycles. The lowest BCUT2D eigenvalue weighted by Gasteiger charge is -2.22. The van der Waals surface area contributed by atoms with E-state index in [0.29, 0.717) is 4.77 Å². The number of nitrogens with zero attached hydrogens (tertiary/aromatic N) is 1. The van der Waals surface area contributed by atoms with Crippen LogP contribution in [0.3, 0.4) is 0 Å². The van der Waals surface area contributed by atoms with Gasteiger partial charge < -0.3 is 4.98 Å². The van der Waals surface area contributed by atoms with Crippen LogP contribution in [0.15, 0.2) is 60.7 Å². The Balaban J connectivity index is 2.26. The van der Waals surface area contributed by atoms with Crippen molar-refractivity contribution >= 4 is 12.2 Å². The van der Waals surface area contributed by atoms with Gasteiger partial charge in [0.15, 0.2) is 4.77 Å². The fourth-order valence-corrected chi connectivity index (χ4v) is 3.27. The average Bonchev–Trinajstić information content (AvgIpc) is 2.52. The van der Waals surface area contributed by atoms with E-state index >= 15 is 0 Å². The normalized spacial score (nSPS) is 10.9. The second kappa shape index (κ2) is 6.24. The predicted molar refractivity (Wildman–Crippen MR) is 92.7 cm³/mol. The van der Waals surface area contributed by atoms with Crippen LogP contribution in [0.25, 0.3) is 0 Å². The van der Waals surface area contributed by atoms with Gasteiger partial charge in [-0.1, -0.05) is 60.7 Å². The van der Waals surface area contributed by atoms with E-state index in [0.717, 1.165) is 11.4 Å². The highest BCUT2D eigenvalue weighted by Gasteiger charge is 2.21. The number of hydrogen-bond donors (Lipinski definition) is 1. The van der Waals surface area contributed by atoms with Crippen LogP contribution in [-0.2, 0) is 0 Å². The molecule has 0 bridgehead atoms. The lowest BCUT2D eigenvalue weighted by molar-refractivity contribution is 0.880. The molecule has 0 atom stereocenters. The monoisotopic (exact) mass is 306 g/mol. The van der Waals surface area contributed by atoms with Crippen LogP contribution in [-0.4, -0.2) is 9.97 Å². The van der Waals surface area contributed by atoms with E-state index < -0.39 is 0 Å². The number of aryl methyl sites for hydroxylation is 2. The molecule has 0 saturated carbocycles. The Labute approximate surface area is 135 Å². The third-order valence-corrected chi connectivity index (χ3v) is 4.11. The van der Waals surface area contributed by atoms with Crippen molar-refractivity contribution in [3.8, 4) is 0 Å². The van der Waals surface area contributed by atoms with Crippen LogP contribution in [0.2, 0.25) is 0 Å². The van der Waals surface area contributed by atoms with Crippen molar-refractivity contribution < 1.29 is 0 Å². The van der Waals surface area contributed by atoms with Gasteiger partial charge in [0.05, 0.1) is 0 Å². The van der Waals surface area contributed by atoms with Crippen LogP contribution < -0.4 is 0 Å². The van der Waals surface area contributed by atoms with Crippen molar-refractivity contribution in [3.05, 3.63) is 93.5 Å². The summed E-state index contributed by atoms with van der Waals surface area (Å²) >= 11 is 5.20. The number of aromatic amines is 1. The highest BCUT2D eigenvalue weighted by molar-refractivity contribution is 7.71. The maximum Gasteiger partial charge on any atom is 0.197 e. The van der Waals surface area contributed by atoms with Gasteiger partial charge in [0.2, 0.25) is 0 Å². The summed E-state index contributed by atoms with van der Waals surface area (Å²) in [5.41, 5.74) is 5.78. The van der Waals surface area contributed by atoms with E-state index in [4.69, 9.17) is 12.2 Å². The molecule has 1 aromatic heterocycles. The molecule has 0 unspecified atom stereocenters. The van der Waals surface area contributed by atoms with Gasteiger partial charge in [0.25, 0.3) is 0 Å². The summed E-state index contributed by atoms with van der Waals surface area (Å²) in [6.45, 7) is 4.10. The number of benzene rings is 2. The minimum atomic E-state index is 0.154. The van der Waals surface area contributed by atoms with E-state index in [1.165, 1.54) is 16.7 Å². The fraction of sp³-hybridized carbons (Fsp3) is 0.158. The van der Waals surface area contributed by atoms with Gasteiger partial charge in [0, 0.05) is 22.9 Å². The fourth-order valence-electron chi connectivity index (χ4n) is 2.98. The molecule has 2 nitrogen and oxygen atoms in total. The van der Waals surface area contributed by atoms with Gasteiger partial charge in [0.1, 0.15) is 0 Å². The van der Waals surface area contributed by atoms with Gasteiger partial charge in [-0.3, -0.25) is 0 Å². The topological polar surface area (TPSA) is 28.7 Å². The summed E-state index contributed by atoms with van der Waals surface area (Å²) in [5.74, 6) is 0.154. The highest BCUT2D eigenvalue weighted by Crippen LogP contribution is 2.34. The SMILES string of the molecule is Cc1nc(=S)[nH]c(C)c1C(c1ccccc1)c1ccccc1.